The molecule has 2 rings (SSSR count). The highest BCUT2D eigenvalue weighted by Gasteiger charge is 2.35. The fourth-order valence-electron chi connectivity index (χ4n) is 1.89. The molecule has 21 heavy (non-hydrogen) atoms. The van der Waals surface area contributed by atoms with E-state index in [0.717, 1.165) is 0 Å². The van der Waals surface area contributed by atoms with Gasteiger partial charge >= 0.3 is 12.0 Å². The average Bonchev–Trinajstić information content (AvgIpc) is 2.88. The van der Waals surface area contributed by atoms with Crippen LogP contribution in [0.25, 0.3) is 0 Å². The molecule has 0 aromatic heterocycles. The Morgan fingerprint density at radius 3 is 2.67 bits per heavy atom. The number of rotatable bonds is 3. The van der Waals surface area contributed by atoms with Crippen LogP contribution in [0.3, 0.4) is 0 Å². The molecule has 2 amide bonds. The smallest absolute Gasteiger partial charge is 0.319 e. The third-order valence-corrected chi connectivity index (χ3v) is 4.77. The minimum atomic E-state index is -1.01. The molecule has 0 aliphatic carbocycles. The van der Waals surface area contributed by atoms with Crippen molar-refractivity contribution < 1.29 is 19.4 Å². The molecule has 1 saturated heterocycles. The minimum absolute atomic E-state index is 0.0746. The summed E-state index contributed by atoms with van der Waals surface area (Å²) in [6, 6.07) is 2.06. The standard InChI is InChI=1S/C12H11BrCl2N2O4/c13-6-1-2-7(10(15)9(6)14)16-12(20)17-8-4-21-3-5(8)11(18)19/h1-2,5,8H,3-4H2,(H,18,19)(H2,16,17,20). The summed E-state index contributed by atoms with van der Waals surface area (Å²) < 4.78 is 5.67. The Balaban J connectivity index is 2.02. The lowest BCUT2D eigenvalue weighted by atomic mass is 10.0. The number of amides is 2. The van der Waals surface area contributed by atoms with E-state index in [-0.39, 0.29) is 23.3 Å². The Morgan fingerprint density at radius 1 is 1.29 bits per heavy atom. The second-order valence-electron chi connectivity index (χ2n) is 4.41. The number of urea groups is 1. The van der Waals surface area contributed by atoms with Crippen LogP contribution in [-0.4, -0.2) is 36.4 Å². The van der Waals surface area contributed by atoms with E-state index < -0.39 is 24.0 Å². The maximum absolute atomic E-state index is 11.9. The molecule has 0 saturated carbocycles. The number of carboxylic acid groups (broad SMARTS) is 1. The summed E-state index contributed by atoms with van der Waals surface area (Å²) in [5, 5.41) is 14.6. The number of hydrogen-bond acceptors (Lipinski definition) is 3. The van der Waals surface area contributed by atoms with Crippen LogP contribution >= 0.6 is 39.1 Å². The SMILES string of the molecule is O=C(Nc1ccc(Br)c(Cl)c1Cl)NC1COCC1C(=O)O. The quantitative estimate of drug-likeness (QED) is 0.684. The first-order chi connectivity index (χ1) is 9.90. The van der Waals surface area contributed by atoms with Crippen LogP contribution in [0, 0.1) is 5.92 Å². The Kier molecular flexibility index (Phi) is 5.32. The fourth-order valence-corrected chi connectivity index (χ4v) is 2.71. The summed E-state index contributed by atoms with van der Waals surface area (Å²) in [5.41, 5.74) is 0.327. The van der Waals surface area contributed by atoms with E-state index in [1.165, 1.54) is 0 Å². The summed E-state index contributed by atoms with van der Waals surface area (Å²) in [6.45, 7) is 0.227. The minimum Gasteiger partial charge on any atom is -0.481 e. The number of carbonyl (C=O) groups excluding carboxylic acids is 1. The van der Waals surface area contributed by atoms with E-state index >= 15 is 0 Å². The average molecular weight is 398 g/mol. The number of aliphatic carboxylic acids is 1. The van der Waals surface area contributed by atoms with E-state index in [2.05, 4.69) is 26.6 Å². The second-order valence-corrected chi connectivity index (χ2v) is 6.02. The van der Waals surface area contributed by atoms with E-state index in [4.69, 9.17) is 33.0 Å². The summed E-state index contributed by atoms with van der Waals surface area (Å²) in [7, 11) is 0. The van der Waals surface area contributed by atoms with Gasteiger partial charge in [-0.2, -0.15) is 0 Å². The zero-order valence-corrected chi connectivity index (χ0v) is 13.6. The first-order valence-corrected chi connectivity index (χ1v) is 7.46. The van der Waals surface area contributed by atoms with Crippen molar-refractivity contribution in [2.45, 2.75) is 6.04 Å². The second kappa shape index (κ2) is 6.83. The van der Waals surface area contributed by atoms with Crippen LogP contribution in [0.5, 0.6) is 0 Å². The fraction of sp³-hybridized carbons (Fsp3) is 0.333. The predicted molar refractivity (Wildman–Crippen MR) is 82.0 cm³/mol. The Hall–Kier alpha value is -1.02. The predicted octanol–water partition coefficient (Wildman–Crippen LogP) is 2.98. The number of hydrogen-bond donors (Lipinski definition) is 3. The van der Waals surface area contributed by atoms with Crippen molar-refractivity contribution in [2.24, 2.45) is 5.92 Å². The van der Waals surface area contributed by atoms with E-state index in [9.17, 15) is 9.59 Å². The van der Waals surface area contributed by atoms with E-state index in [1.807, 2.05) is 0 Å². The third kappa shape index (κ3) is 3.79. The van der Waals surface area contributed by atoms with Crippen molar-refractivity contribution in [3.63, 3.8) is 0 Å². The third-order valence-electron chi connectivity index (χ3n) is 3.00. The van der Waals surface area contributed by atoms with Gasteiger partial charge in [-0.1, -0.05) is 23.2 Å². The van der Waals surface area contributed by atoms with Gasteiger partial charge in [0, 0.05) is 4.47 Å². The lowest BCUT2D eigenvalue weighted by Crippen LogP contribution is -2.44. The summed E-state index contributed by atoms with van der Waals surface area (Å²) >= 11 is 15.2. The summed E-state index contributed by atoms with van der Waals surface area (Å²) in [5.74, 6) is -1.78. The molecular weight excluding hydrogens is 387 g/mol. The van der Waals surface area contributed by atoms with E-state index in [1.54, 1.807) is 12.1 Å². The number of halogens is 3. The van der Waals surface area contributed by atoms with Crippen molar-refractivity contribution in [1.29, 1.82) is 0 Å². The van der Waals surface area contributed by atoms with Crippen LogP contribution in [-0.2, 0) is 9.53 Å². The van der Waals surface area contributed by atoms with Crippen molar-refractivity contribution in [3.8, 4) is 0 Å². The van der Waals surface area contributed by atoms with Gasteiger partial charge < -0.3 is 20.5 Å². The van der Waals surface area contributed by atoms with Gasteiger partial charge in [-0.25, -0.2) is 4.79 Å². The Morgan fingerprint density at radius 2 is 2.00 bits per heavy atom. The van der Waals surface area contributed by atoms with Crippen molar-refractivity contribution in [1.82, 2.24) is 5.32 Å². The number of ether oxygens (including phenoxy) is 1. The van der Waals surface area contributed by atoms with Gasteiger partial charge in [0.15, 0.2) is 0 Å². The molecule has 0 spiro atoms. The van der Waals surface area contributed by atoms with Gasteiger partial charge in [-0.05, 0) is 28.1 Å². The lowest BCUT2D eigenvalue weighted by Gasteiger charge is -2.17. The van der Waals surface area contributed by atoms with Gasteiger partial charge in [-0.3, -0.25) is 4.79 Å². The zero-order chi connectivity index (χ0) is 15.6. The highest BCUT2D eigenvalue weighted by Crippen LogP contribution is 2.35. The summed E-state index contributed by atoms with van der Waals surface area (Å²) in [6.07, 6.45) is 0. The number of anilines is 1. The monoisotopic (exact) mass is 396 g/mol. The lowest BCUT2D eigenvalue weighted by molar-refractivity contribution is -0.142. The van der Waals surface area contributed by atoms with Gasteiger partial charge in [0.25, 0.3) is 0 Å². The van der Waals surface area contributed by atoms with Crippen molar-refractivity contribution in [3.05, 3.63) is 26.7 Å². The molecule has 114 valence electrons. The van der Waals surface area contributed by atoms with E-state index in [0.29, 0.717) is 10.2 Å². The van der Waals surface area contributed by atoms with Crippen molar-refractivity contribution in [2.75, 3.05) is 18.5 Å². The maximum atomic E-state index is 11.9. The molecule has 1 aromatic carbocycles. The summed E-state index contributed by atoms with van der Waals surface area (Å²) in [4.78, 5) is 22.9. The molecule has 2 atom stereocenters. The molecule has 3 N–H and O–H groups in total. The molecule has 0 bridgehead atoms. The van der Waals surface area contributed by atoms with Gasteiger partial charge in [0.1, 0.15) is 5.92 Å². The van der Waals surface area contributed by atoms with Gasteiger partial charge in [0.05, 0.1) is 35.0 Å². The number of benzene rings is 1. The first-order valence-electron chi connectivity index (χ1n) is 5.91. The Bertz CT molecular complexity index is 585. The largest absolute Gasteiger partial charge is 0.481 e. The highest BCUT2D eigenvalue weighted by atomic mass is 79.9. The molecular formula is C12H11BrCl2N2O4. The Labute approximate surface area is 138 Å². The van der Waals surface area contributed by atoms with Crippen LogP contribution in [0.4, 0.5) is 10.5 Å². The van der Waals surface area contributed by atoms with Crippen LogP contribution < -0.4 is 10.6 Å². The van der Waals surface area contributed by atoms with Gasteiger partial charge in [0.2, 0.25) is 0 Å². The van der Waals surface area contributed by atoms with Crippen molar-refractivity contribution >= 4 is 56.8 Å². The molecule has 2 unspecified atom stereocenters. The molecule has 0 radical (unpaired) electrons. The first kappa shape index (κ1) is 16.4. The maximum Gasteiger partial charge on any atom is 0.319 e. The molecule has 1 aromatic rings. The highest BCUT2D eigenvalue weighted by molar-refractivity contribution is 9.10. The number of nitrogens with one attached hydrogen (secondary N) is 2. The normalized spacial score (nSPS) is 21.1. The molecule has 6 nitrogen and oxygen atoms in total. The van der Waals surface area contributed by atoms with Gasteiger partial charge in [-0.15, -0.1) is 0 Å². The molecule has 1 aliphatic rings. The molecule has 1 fully saturated rings. The van der Waals surface area contributed by atoms with Crippen LogP contribution in [0.15, 0.2) is 16.6 Å². The van der Waals surface area contributed by atoms with Crippen LogP contribution in [0.1, 0.15) is 0 Å². The van der Waals surface area contributed by atoms with Crippen LogP contribution in [0.2, 0.25) is 10.0 Å². The number of carboxylic acids is 1. The molecule has 9 heteroatoms. The molecule has 1 aliphatic heterocycles. The zero-order valence-electron chi connectivity index (χ0n) is 10.5. The number of carbonyl (C=O) groups is 2. The topological polar surface area (TPSA) is 87.7 Å². The molecule has 1 heterocycles.